The minimum atomic E-state index is -1.25. The maximum atomic E-state index is 16.0. The molecule has 0 aromatic heterocycles. The van der Waals surface area contributed by atoms with Gasteiger partial charge < -0.3 is 21.1 Å². The molecule has 0 saturated carbocycles. The van der Waals surface area contributed by atoms with Crippen LogP contribution < -0.4 is 16.0 Å². The highest BCUT2D eigenvalue weighted by Crippen LogP contribution is 2.57. The quantitative estimate of drug-likeness (QED) is 0.339. The first-order valence-corrected chi connectivity index (χ1v) is 13.4. The molecule has 40 heavy (non-hydrogen) atoms. The van der Waals surface area contributed by atoms with Gasteiger partial charge in [-0.05, 0) is 78.3 Å². The Morgan fingerprint density at radius 1 is 1.05 bits per heavy atom. The van der Waals surface area contributed by atoms with Crippen molar-refractivity contribution in [3.05, 3.63) is 94.3 Å². The van der Waals surface area contributed by atoms with Crippen molar-refractivity contribution in [2.24, 2.45) is 5.41 Å². The van der Waals surface area contributed by atoms with Crippen molar-refractivity contribution >= 4 is 29.2 Å². The smallest absolute Gasteiger partial charge is 0.335 e. The number of anilines is 2. The van der Waals surface area contributed by atoms with Gasteiger partial charge in [-0.1, -0.05) is 51.1 Å². The van der Waals surface area contributed by atoms with Crippen LogP contribution in [-0.2, 0) is 15.0 Å². The summed E-state index contributed by atoms with van der Waals surface area (Å²) in [5.41, 5.74) is 2.16. The van der Waals surface area contributed by atoms with Crippen molar-refractivity contribution < 1.29 is 23.9 Å². The van der Waals surface area contributed by atoms with Gasteiger partial charge in [0.1, 0.15) is 11.2 Å². The maximum absolute atomic E-state index is 16.0. The number of aryl methyl sites for hydroxylation is 2. The Labute approximate surface area is 233 Å². The molecule has 0 radical (unpaired) electrons. The molecule has 8 heteroatoms. The van der Waals surface area contributed by atoms with Crippen molar-refractivity contribution in [1.82, 2.24) is 5.32 Å². The molecule has 208 valence electrons. The Morgan fingerprint density at radius 2 is 1.75 bits per heavy atom. The zero-order valence-electron chi connectivity index (χ0n) is 23.3. The fourth-order valence-corrected chi connectivity index (χ4v) is 6.36. The minimum absolute atomic E-state index is 0.0930. The third-order valence-corrected chi connectivity index (χ3v) is 8.05. The van der Waals surface area contributed by atoms with Crippen LogP contribution in [-0.4, -0.2) is 35.0 Å². The average Bonchev–Trinajstić information content (AvgIpc) is 3.35. The summed E-state index contributed by atoms with van der Waals surface area (Å²) in [5.74, 6) is -3.07. The van der Waals surface area contributed by atoms with Gasteiger partial charge in [-0.15, -0.1) is 0 Å². The van der Waals surface area contributed by atoms with Gasteiger partial charge in [0.2, 0.25) is 11.8 Å². The van der Waals surface area contributed by atoms with Crippen LogP contribution >= 0.6 is 0 Å². The topological polar surface area (TPSA) is 108 Å². The summed E-state index contributed by atoms with van der Waals surface area (Å²) in [5, 5.41) is 18.6. The number of carboxylic acids is 1. The maximum Gasteiger partial charge on any atom is 0.335 e. The molecule has 2 aliphatic rings. The molecular weight excluding hydrogens is 509 g/mol. The lowest BCUT2D eigenvalue weighted by Gasteiger charge is -2.37. The summed E-state index contributed by atoms with van der Waals surface area (Å²) >= 11 is 0. The Bertz CT molecular complexity index is 1510. The lowest BCUT2D eigenvalue weighted by Crippen LogP contribution is -2.49. The van der Waals surface area contributed by atoms with Gasteiger partial charge in [0.15, 0.2) is 0 Å². The molecule has 7 nitrogen and oxygen atoms in total. The number of hydrogen-bond acceptors (Lipinski definition) is 4. The number of carboxylic acid groups (broad SMARTS) is 1. The molecular formula is C32H34FN3O4. The van der Waals surface area contributed by atoms with Crippen LogP contribution in [0, 0.1) is 25.1 Å². The molecule has 0 aliphatic carbocycles. The first kappa shape index (κ1) is 27.5. The highest BCUT2D eigenvalue weighted by Gasteiger charge is 2.66. The van der Waals surface area contributed by atoms with Crippen molar-refractivity contribution in [2.45, 2.75) is 64.5 Å². The number of fused-ring (bicyclic) bond motifs is 2. The molecule has 2 heterocycles. The van der Waals surface area contributed by atoms with E-state index in [1.807, 2.05) is 25.1 Å². The van der Waals surface area contributed by atoms with Gasteiger partial charge >= 0.3 is 5.97 Å². The number of halogens is 1. The average molecular weight is 544 g/mol. The van der Waals surface area contributed by atoms with Crippen molar-refractivity contribution in [3.63, 3.8) is 0 Å². The predicted octanol–water partition coefficient (Wildman–Crippen LogP) is 5.53. The largest absolute Gasteiger partial charge is 0.478 e. The van der Waals surface area contributed by atoms with E-state index in [4.69, 9.17) is 0 Å². The second-order valence-corrected chi connectivity index (χ2v) is 12.2. The van der Waals surface area contributed by atoms with Gasteiger partial charge in [0.25, 0.3) is 0 Å². The van der Waals surface area contributed by atoms with Gasteiger partial charge in [-0.25, -0.2) is 9.18 Å². The van der Waals surface area contributed by atoms with Crippen molar-refractivity contribution in [2.75, 3.05) is 10.6 Å². The number of carbonyl (C=O) groups is 3. The number of aromatic carboxylic acids is 1. The molecule has 5 rings (SSSR count). The number of amides is 2. The van der Waals surface area contributed by atoms with E-state index in [0.29, 0.717) is 28.9 Å². The van der Waals surface area contributed by atoms with Crippen LogP contribution in [0.15, 0.2) is 60.7 Å². The molecule has 1 saturated heterocycles. The van der Waals surface area contributed by atoms with E-state index in [1.54, 1.807) is 25.1 Å². The zero-order valence-corrected chi connectivity index (χ0v) is 23.3. The summed E-state index contributed by atoms with van der Waals surface area (Å²) in [7, 11) is 0. The third kappa shape index (κ3) is 4.56. The summed E-state index contributed by atoms with van der Waals surface area (Å²) in [6, 6.07) is 15.3. The van der Waals surface area contributed by atoms with Crippen LogP contribution in [0.1, 0.15) is 65.7 Å². The monoisotopic (exact) mass is 543 g/mol. The number of rotatable bonds is 5. The first-order chi connectivity index (χ1) is 18.8. The van der Waals surface area contributed by atoms with Crippen LogP contribution in [0.2, 0.25) is 0 Å². The number of nitrogens with one attached hydrogen (secondary N) is 3. The summed E-state index contributed by atoms with van der Waals surface area (Å²) < 4.78 is 16.0. The molecule has 1 spiro atoms. The minimum Gasteiger partial charge on any atom is -0.478 e. The molecule has 2 unspecified atom stereocenters. The molecule has 4 atom stereocenters. The van der Waals surface area contributed by atoms with Gasteiger partial charge in [-0.3, -0.25) is 9.59 Å². The van der Waals surface area contributed by atoms with Gasteiger partial charge in [0.05, 0.1) is 11.6 Å². The predicted molar refractivity (Wildman–Crippen MR) is 152 cm³/mol. The normalized spacial score (nSPS) is 23.6. The van der Waals surface area contributed by atoms with Gasteiger partial charge in [-0.2, -0.15) is 0 Å². The Balaban J connectivity index is 1.69. The second kappa shape index (κ2) is 9.86. The first-order valence-electron chi connectivity index (χ1n) is 13.4. The lowest BCUT2D eigenvalue weighted by molar-refractivity contribution is -0.122. The second-order valence-electron chi connectivity index (χ2n) is 12.2. The molecule has 0 bridgehead atoms. The zero-order chi connectivity index (χ0) is 29.0. The van der Waals surface area contributed by atoms with Gasteiger partial charge in [0, 0.05) is 23.3 Å². The lowest BCUT2D eigenvalue weighted by atomic mass is 9.62. The fraction of sp³-hybridized carbons (Fsp3) is 0.344. The van der Waals surface area contributed by atoms with Crippen LogP contribution in [0.5, 0.6) is 0 Å². The molecule has 4 N–H and O–H groups in total. The number of carbonyl (C=O) groups excluding carboxylic acids is 2. The summed E-state index contributed by atoms with van der Waals surface area (Å²) in [4.78, 5) is 39.5. The van der Waals surface area contributed by atoms with E-state index >= 15 is 4.39 Å². The molecule has 3 aromatic carbocycles. The molecule has 1 fully saturated rings. The van der Waals surface area contributed by atoms with Crippen molar-refractivity contribution in [1.29, 1.82) is 0 Å². The highest BCUT2D eigenvalue weighted by atomic mass is 19.1. The van der Waals surface area contributed by atoms with Crippen LogP contribution in [0.3, 0.4) is 0 Å². The van der Waals surface area contributed by atoms with E-state index in [-0.39, 0.29) is 16.9 Å². The van der Waals surface area contributed by atoms with E-state index in [9.17, 15) is 19.5 Å². The fourth-order valence-electron chi connectivity index (χ4n) is 6.36. The van der Waals surface area contributed by atoms with E-state index in [2.05, 4.69) is 36.7 Å². The highest BCUT2D eigenvalue weighted by molar-refractivity contribution is 6.10. The van der Waals surface area contributed by atoms with Crippen LogP contribution in [0.4, 0.5) is 15.8 Å². The third-order valence-electron chi connectivity index (χ3n) is 8.05. The molecule has 3 aromatic rings. The number of hydrogen-bond donors (Lipinski definition) is 4. The van der Waals surface area contributed by atoms with E-state index < -0.39 is 41.1 Å². The SMILES string of the molecule is Cc1ccc2c(c1)NC(=O)[C@@]21C(CC(C)(C)C)N[C@@H](C(=O)Nc2ccc(C(=O)O)cc2)C1c1cccc(C)c1F. The number of benzene rings is 3. The molecule has 2 aliphatic heterocycles. The Kier molecular flexibility index (Phi) is 6.78. The summed E-state index contributed by atoms with van der Waals surface area (Å²) in [6.07, 6.45) is 0.550. The molecule has 2 amide bonds. The Morgan fingerprint density at radius 3 is 2.40 bits per heavy atom. The summed E-state index contributed by atoms with van der Waals surface area (Å²) in [6.45, 7) is 9.84. The van der Waals surface area contributed by atoms with E-state index in [0.717, 1.165) is 11.1 Å². The van der Waals surface area contributed by atoms with Crippen LogP contribution in [0.25, 0.3) is 0 Å². The van der Waals surface area contributed by atoms with Crippen molar-refractivity contribution in [3.8, 4) is 0 Å². The standard InChI is InChI=1S/C32H34FN3O4/c1-17-9-14-22-23(15-17)35-30(40)32(22)24(16-31(3,4)5)36-27(25(32)21-8-6-7-18(2)26(21)33)28(37)34-20-12-10-19(11-13-20)29(38)39/h6-15,24-25,27,36H,16H2,1-5H3,(H,34,37)(H,35,40)(H,38,39)/t24?,25?,27-,32-/m1/s1. The van der Waals surface area contributed by atoms with E-state index in [1.165, 1.54) is 24.3 Å². The Hall–Kier alpha value is -4.04.